The van der Waals surface area contributed by atoms with Crippen LogP contribution in [0.2, 0.25) is 0 Å². The second-order valence-corrected chi connectivity index (χ2v) is 6.08. The molecule has 2 N–H and O–H groups in total. The molecule has 0 bridgehead atoms. The molecule has 0 fully saturated rings. The molecular formula is C16H27NO. The zero-order valence-corrected chi connectivity index (χ0v) is 12.2. The largest absolute Gasteiger partial charge is 0.395 e. The van der Waals surface area contributed by atoms with Crippen molar-refractivity contribution in [3.05, 3.63) is 35.4 Å². The van der Waals surface area contributed by atoms with Crippen LogP contribution >= 0.6 is 0 Å². The normalized spacial score (nSPS) is 12.1. The first-order valence-corrected chi connectivity index (χ1v) is 6.86. The number of rotatable bonds is 7. The van der Waals surface area contributed by atoms with Crippen molar-refractivity contribution in [2.45, 2.75) is 39.5 Å². The minimum Gasteiger partial charge on any atom is -0.395 e. The van der Waals surface area contributed by atoms with Crippen molar-refractivity contribution in [2.24, 2.45) is 5.92 Å². The van der Waals surface area contributed by atoms with Gasteiger partial charge in [0.15, 0.2) is 0 Å². The van der Waals surface area contributed by atoms with Crippen LogP contribution in [0.4, 0.5) is 0 Å². The van der Waals surface area contributed by atoms with E-state index in [9.17, 15) is 0 Å². The number of aliphatic hydroxyl groups excluding tert-OH is 1. The van der Waals surface area contributed by atoms with Crippen LogP contribution in [0.25, 0.3) is 0 Å². The summed E-state index contributed by atoms with van der Waals surface area (Å²) in [5.74, 6) is 0.704. The molecule has 0 unspecified atom stereocenters. The zero-order valence-electron chi connectivity index (χ0n) is 12.2. The van der Waals surface area contributed by atoms with Gasteiger partial charge in [0.25, 0.3) is 0 Å². The van der Waals surface area contributed by atoms with Gasteiger partial charge in [-0.1, -0.05) is 52.0 Å². The first kappa shape index (κ1) is 15.2. The molecule has 0 aromatic heterocycles. The predicted molar refractivity (Wildman–Crippen MR) is 78.0 cm³/mol. The summed E-state index contributed by atoms with van der Waals surface area (Å²) in [6.07, 6.45) is 1.14. The fourth-order valence-electron chi connectivity index (χ4n) is 2.15. The molecule has 0 saturated carbocycles. The van der Waals surface area contributed by atoms with Gasteiger partial charge in [0, 0.05) is 18.5 Å². The van der Waals surface area contributed by atoms with Gasteiger partial charge >= 0.3 is 0 Å². The Labute approximate surface area is 111 Å². The van der Waals surface area contributed by atoms with Gasteiger partial charge in [-0.2, -0.15) is 0 Å². The Morgan fingerprint density at radius 2 is 1.78 bits per heavy atom. The Balaban J connectivity index is 2.65. The summed E-state index contributed by atoms with van der Waals surface area (Å²) in [6.45, 7) is 10.7. The second-order valence-electron chi connectivity index (χ2n) is 6.08. The highest BCUT2D eigenvalue weighted by atomic mass is 16.3. The van der Waals surface area contributed by atoms with Crippen LogP contribution in [0.3, 0.4) is 0 Å². The summed E-state index contributed by atoms with van der Waals surface area (Å²) in [5.41, 5.74) is 2.86. The summed E-state index contributed by atoms with van der Waals surface area (Å²) in [6, 6.07) is 8.95. The molecule has 0 heterocycles. The maximum atomic E-state index is 8.79. The van der Waals surface area contributed by atoms with Crippen molar-refractivity contribution in [1.29, 1.82) is 0 Å². The van der Waals surface area contributed by atoms with Gasteiger partial charge in [-0.15, -0.1) is 0 Å². The Morgan fingerprint density at radius 1 is 1.17 bits per heavy atom. The van der Waals surface area contributed by atoms with Gasteiger partial charge in [0.05, 0.1) is 6.61 Å². The Hall–Kier alpha value is -0.860. The Morgan fingerprint density at radius 3 is 2.28 bits per heavy atom. The van der Waals surface area contributed by atoms with Crippen LogP contribution in [-0.4, -0.2) is 24.8 Å². The molecule has 18 heavy (non-hydrogen) atoms. The third kappa shape index (κ3) is 4.79. The molecule has 0 amide bonds. The van der Waals surface area contributed by atoms with E-state index in [1.807, 2.05) is 0 Å². The van der Waals surface area contributed by atoms with Gasteiger partial charge in [0.2, 0.25) is 0 Å². The topological polar surface area (TPSA) is 32.3 Å². The third-order valence-corrected chi connectivity index (χ3v) is 3.23. The fraction of sp³-hybridized carbons (Fsp3) is 0.625. The fourth-order valence-corrected chi connectivity index (χ4v) is 2.15. The van der Waals surface area contributed by atoms with E-state index in [2.05, 4.69) is 57.3 Å². The van der Waals surface area contributed by atoms with E-state index >= 15 is 0 Å². The van der Waals surface area contributed by atoms with Crippen molar-refractivity contribution < 1.29 is 5.11 Å². The molecule has 2 heteroatoms. The van der Waals surface area contributed by atoms with Crippen molar-refractivity contribution in [2.75, 3.05) is 19.7 Å². The van der Waals surface area contributed by atoms with E-state index in [1.165, 1.54) is 11.1 Å². The van der Waals surface area contributed by atoms with E-state index in [0.717, 1.165) is 13.0 Å². The molecule has 0 aliphatic rings. The van der Waals surface area contributed by atoms with Gasteiger partial charge in [0.1, 0.15) is 0 Å². The van der Waals surface area contributed by atoms with E-state index in [4.69, 9.17) is 5.11 Å². The van der Waals surface area contributed by atoms with Crippen LogP contribution < -0.4 is 5.32 Å². The first-order valence-electron chi connectivity index (χ1n) is 6.86. The highest BCUT2D eigenvalue weighted by Crippen LogP contribution is 2.23. The predicted octanol–water partition coefficient (Wildman–Crippen LogP) is 2.74. The SMILES string of the molecule is CC(C)Cc1ccc(C(C)(C)CNCCO)cc1. The number of hydrogen-bond donors (Lipinski definition) is 2. The Bertz CT molecular complexity index is 341. The van der Waals surface area contributed by atoms with Crippen LogP contribution in [-0.2, 0) is 11.8 Å². The average molecular weight is 249 g/mol. The molecule has 102 valence electrons. The van der Waals surface area contributed by atoms with E-state index < -0.39 is 0 Å². The molecule has 0 saturated heterocycles. The molecular weight excluding hydrogens is 222 g/mol. The zero-order chi connectivity index (χ0) is 13.6. The first-order chi connectivity index (χ1) is 8.45. The van der Waals surface area contributed by atoms with E-state index in [0.29, 0.717) is 12.5 Å². The van der Waals surface area contributed by atoms with Crippen molar-refractivity contribution in [3.8, 4) is 0 Å². The highest BCUT2D eigenvalue weighted by molar-refractivity contribution is 5.28. The molecule has 1 aromatic rings. The number of aliphatic hydroxyl groups is 1. The van der Waals surface area contributed by atoms with E-state index in [-0.39, 0.29) is 12.0 Å². The van der Waals surface area contributed by atoms with Gasteiger partial charge < -0.3 is 10.4 Å². The van der Waals surface area contributed by atoms with Crippen LogP contribution in [0, 0.1) is 5.92 Å². The monoisotopic (exact) mass is 249 g/mol. The minimum absolute atomic E-state index is 0.103. The quantitative estimate of drug-likeness (QED) is 0.728. The summed E-state index contributed by atoms with van der Waals surface area (Å²) in [4.78, 5) is 0. The standard InChI is InChI=1S/C16H27NO/c1-13(2)11-14-5-7-15(8-6-14)16(3,4)12-17-9-10-18/h5-8,13,17-18H,9-12H2,1-4H3. The minimum atomic E-state index is 0.103. The lowest BCUT2D eigenvalue weighted by Crippen LogP contribution is -2.34. The maximum Gasteiger partial charge on any atom is 0.0555 e. The van der Waals surface area contributed by atoms with Gasteiger partial charge in [-0.3, -0.25) is 0 Å². The molecule has 2 nitrogen and oxygen atoms in total. The second kappa shape index (κ2) is 6.91. The van der Waals surface area contributed by atoms with E-state index in [1.54, 1.807) is 0 Å². The lowest BCUT2D eigenvalue weighted by Gasteiger charge is -2.26. The summed E-state index contributed by atoms with van der Waals surface area (Å²) in [7, 11) is 0. The van der Waals surface area contributed by atoms with Crippen molar-refractivity contribution >= 4 is 0 Å². The highest BCUT2D eigenvalue weighted by Gasteiger charge is 2.19. The molecule has 0 aliphatic carbocycles. The molecule has 1 aromatic carbocycles. The van der Waals surface area contributed by atoms with Gasteiger partial charge in [-0.05, 0) is 23.5 Å². The number of nitrogens with one attached hydrogen (secondary N) is 1. The molecule has 0 spiro atoms. The van der Waals surface area contributed by atoms with Gasteiger partial charge in [-0.25, -0.2) is 0 Å². The Kier molecular flexibility index (Phi) is 5.83. The summed E-state index contributed by atoms with van der Waals surface area (Å²) in [5, 5.41) is 12.1. The molecule has 0 atom stereocenters. The number of benzene rings is 1. The molecule has 0 radical (unpaired) electrons. The summed E-state index contributed by atoms with van der Waals surface area (Å²) < 4.78 is 0. The summed E-state index contributed by atoms with van der Waals surface area (Å²) >= 11 is 0. The van der Waals surface area contributed by atoms with Crippen LogP contribution in [0.1, 0.15) is 38.8 Å². The smallest absolute Gasteiger partial charge is 0.0555 e. The molecule has 0 aliphatic heterocycles. The maximum absolute atomic E-state index is 8.79. The van der Waals surface area contributed by atoms with Crippen molar-refractivity contribution in [1.82, 2.24) is 5.32 Å². The lowest BCUT2D eigenvalue weighted by atomic mass is 9.84. The average Bonchev–Trinajstić information content (AvgIpc) is 2.29. The van der Waals surface area contributed by atoms with Crippen molar-refractivity contribution in [3.63, 3.8) is 0 Å². The third-order valence-electron chi connectivity index (χ3n) is 3.23. The molecule has 1 rings (SSSR count). The van der Waals surface area contributed by atoms with Crippen LogP contribution in [0.5, 0.6) is 0 Å². The lowest BCUT2D eigenvalue weighted by molar-refractivity contribution is 0.286. The van der Waals surface area contributed by atoms with Crippen LogP contribution in [0.15, 0.2) is 24.3 Å². The number of hydrogen-bond acceptors (Lipinski definition) is 2.